The van der Waals surface area contributed by atoms with Gasteiger partial charge in [0.1, 0.15) is 17.4 Å². The Kier molecular flexibility index (Phi) is 5.14. The monoisotopic (exact) mass is 375 g/mol. The first-order chi connectivity index (χ1) is 9.95. The second-order valence-corrected chi connectivity index (χ2v) is 5.33. The van der Waals surface area contributed by atoms with Crippen molar-refractivity contribution >= 4 is 39.1 Å². The van der Waals surface area contributed by atoms with Crippen LogP contribution in [0.5, 0.6) is 5.75 Å². The summed E-state index contributed by atoms with van der Waals surface area (Å²) in [6.07, 6.45) is 0. The summed E-state index contributed by atoms with van der Waals surface area (Å²) in [4.78, 5) is 11.6. The highest BCUT2D eigenvalue weighted by Gasteiger charge is 2.11. The molecule has 0 spiro atoms. The van der Waals surface area contributed by atoms with Crippen molar-refractivity contribution < 1.29 is 18.3 Å². The summed E-state index contributed by atoms with van der Waals surface area (Å²) in [7, 11) is 0. The van der Waals surface area contributed by atoms with Crippen molar-refractivity contribution in [3.05, 3.63) is 57.5 Å². The number of anilines is 1. The van der Waals surface area contributed by atoms with E-state index in [4.69, 9.17) is 16.3 Å². The molecule has 2 aromatic carbocycles. The minimum atomic E-state index is -0.747. The van der Waals surface area contributed by atoms with Crippen LogP contribution in [0.4, 0.5) is 14.5 Å². The molecule has 0 saturated carbocycles. The van der Waals surface area contributed by atoms with E-state index in [0.29, 0.717) is 10.8 Å². The van der Waals surface area contributed by atoms with Gasteiger partial charge in [-0.25, -0.2) is 8.78 Å². The third kappa shape index (κ3) is 4.41. The van der Waals surface area contributed by atoms with Gasteiger partial charge in [0.05, 0.1) is 10.2 Å². The molecule has 0 heterocycles. The molecular weight excluding hydrogens is 368 g/mol. The van der Waals surface area contributed by atoms with Gasteiger partial charge in [0.2, 0.25) is 0 Å². The number of nitrogens with one attached hydrogen (secondary N) is 1. The summed E-state index contributed by atoms with van der Waals surface area (Å²) < 4.78 is 32.0. The van der Waals surface area contributed by atoms with E-state index < -0.39 is 17.5 Å². The summed E-state index contributed by atoms with van der Waals surface area (Å²) in [5.41, 5.74) is -0.250. The zero-order chi connectivity index (χ0) is 15.4. The van der Waals surface area contributed by atoms with Crippen molar-refractivity contribution in [1.29, 1.82) is 0 Å². The van der Waals surface area contributed by atoms with E-state index in [1.807, 2.05) is 0 Å². The van der Waals surface area contributed by atoms with E-state index in [9.17, 15) is 13.6 Å². The lowest BCUT2D eigenvalue weighted by Gasteiger charge is -2.09. The number of halogens is 4. The van der Waals surface area contributed by atoms with Crippen LogP contribution in [0.2, 0.25) is 5.02 Å². The molecule has 3 nitrogen and oxygen atoms in total. The number of amides is 1. The minimum Gasteiger partial charge on any atom is -0.484 e. The lowest BCUT2D eigenvalue weighted by atomic mass is 10.3. The van der Waals surface area contributed by atoms with Gasteiger partial charge in [-0.1, -0.05) is 11.6 Å². The molecule has 7 heteroatoms. The third-order valence-electron chi connectivity index (χ3n) is 2.47. The number of benzene rings is 2. The fraction of sp³-hybridized carbons (Fsp3) is 0.0714. The van der Waals surface area contributed by atoms with Crippen molar-refractivity contribution in [3.8, 4) is 5.75 Å². The van der Waals surface area contributed by atoms with Gasteiger partial charge in [0.25, 0.3) is 5.91 Å². The molecule has 0 aliphatic heterocycles. The van der Waals surface area contributed by atoms with Gasteiger partial charge in [-0.15, -0.1) is 0 Å². The quantitative estimate of drug-likeness (QED) is 0.803. The Labute approximate surface area is 133 Å². The zero-order valence-electron chi connectivity index (χ0n) is 10.5. The molecular formula is C14H9BrClF2NO2. The van der Waals surface area contributed by atoms with Gasteiger partial charge in [-0.2, -0.15) is 0 Å². The highest BCUT2D eigenvalue weighted by atomic mass is 79.9. The van der Waals surface area contributed by atoms with Crippen molar-refractivity contribution in [2.75, 3.05) is 11.9 Å². The average molecular weight is 377 g/mol. The van der Waals surface area contributed by atoms with Crippen LogP contribution in [0.25, 0.3) is 0 Å². The first-order valence-electron chi connectivity index (χ1n) is 5.78. The SMILES string of the molecule is O=C(COc1ccc(Cl)cc1)Nc1cc(F)c(Br)cc1F. The topological polar surface area (TPSA) is 38.3 Å². The van der Waals surface area contributed by atoms with E-state index >= 15 is 0 Å². The first kappa shape index (κ1) is 15.7. The number of ether oxygens (including phenoxy) is 1. The van der Waals surface area contributed by atoms with Crippen LogP contribution in [0.15, 0.2) is 40.9 Å². The van der Waals surface area contributed by atoms with E-state index in [2.05, 4.69) is 21.2 Å². The Bertz CT molecular complexity index is 665. The Hall–Kier alpha value is -1.66. The molecule has 110 valence electrons. The first-order valence-corrected chi connectivity index (χ1v) is 6.95. The highest BCUT2D eigenvalue weighted by molar-refractivity contribution is 9.10. The fourth-order valence-electron chi connectivity index (χ4n) is 1.48. The number of carbonyl (C=O) groups excluding carboxylic acids is 1. The predicted molar refractivity (Wildman–Crippen MR) is 79.6 cm³/mol. The zero-order valence-corrected chi connectivity index (χ0v) is 12.8. The predicted octanol–water partition coefficient (Wildman–Crippen LogP) is 4.40. The average Bonchev–Trinajstić information content (AvgIpc) is 2.44. The molecule has 1 amide bonds. The summed E-state index contributed by atoms with van der Waals surface area (Å²) >= 11 is 8.56. The van der Waals surface area contributed by atoms with Crippen LogP contribution in [0.3, 0.4) is 0 Å². The molecule has 0 aliphatic rings. The van der Waals surface area contributed by atoms with Gasteiger partial charge in [-0.05, 0) is 46.3 Å². The van der Waals surface area contributed by atoms with Crippen molar-refractivity contribution in [1.82, 2.24) is 0 Å². The number of hydrogen-bond donors (Lipinski definition) is 1. The van der Waals surface area contributed by atoms with Gasteiger partial charge in [0.15, 0.2) is 6.61 Å². The molecule has 2 aromatic rings. The molecule has 0 bridgehead atoms. The molecule has 0 fully saturated rings. The van der Waals surface area contributed by atoms with Gasteiger partial charge in [-0.3, -0.25) is 4.79 Å². The molecule has 0 atom stereocenters. The Morgan fingerprint density at radius 2 is 1.86 bits per heavy atom. The molecule has 21 heavy (non-hydrogen) atoms. The second kappa shape index (κ2) is 6.87. The molecule has 0 aliphatic carbocycles. The fourth-order valence-corrected chi connectivity index (χ4v) is 1.93. The molecule has 0 aromatic heterocycles. The van der Waals surface area contributed by atoms with E-state index in [1.54, 1.807) is 24.3 Å². The van der Waals surface area contributed by atoms with Crippen LogP contribution >= 0.6 is 27.5 Å². The Morgan fingerprint density at radius 3 is 2.52 bits per heavy atom. The molecule has 0 radical (unpaired) electrons. The lowest BCUT2D eigenvalue weighted by molar-refractivity contribution is -0.118. The molecule has 1 N–H and O–H groups in total. The molecule has 2 rings (SSSR count). The van der Waals surface area contributed by atoms with Crippen LogP contribution < -0.4 is 10.1 Å². The maximum Gasteiger partial charge on any atom is 0.262 e. The highest BCUT2D eigenvalue weighted by Crippen LogP contribution is 2.23. The number of hydrogen-bond acceptors (Lipinski definition) is 2. The Morgan fingerprint density at radius 1 is 1.19 bits per heavy atom. The van der Waals surface area contributed by atoms with Crippen LogP contribution in [-0.4, -0.2) is 12.5 Å². The Balaban J connectivity index is 1.96. The maximum atomic E-state index is 13.5. The number of carbonyl (C=O) groups is 1. The van der Waals surface area contributed by atoms with Crippen LogP contribution in [-0.2, 0) is 4.79 Å². The van der Waals surface area contributed by atoms with E-state index in [-0.39, 0.29) is 16.8 Å². The van der Waals surface area contributed by atoms with Gasteiger partial charge >= 0.3 is 0 Å². The number of rotatable bonds is 4. The van der Waals surface area contributed by atoms with Crippen molar-refractivity contribution in [2.45, 2.75) is 0 Å². The summed E-state index contributed by atoms with van der Waals surface area (Å²) in [5, 5.41) is 2.77. The summed E-state index contributed by atoms with van der Waals surface area (Å²) in [5.74, 6) is -1.59. The molecule has 0 saturated heterocycles. The largest absolute Gasteiger partial charge is 0.484 e. The minimum absolute atomic E-state index is 0.0181. The van der Waals surface area contributed by atoms with Crippen molar-refractivity contribution in [3.63, 3.8) is 0 Å². The third-order valence-corrected chi connectivity index (χ3v) is 3.33. The lowest BCUT2D eigenvalue weighted by Crippen LogP contribution is -2.21. The second-order valence-electron chi connectivity index (χ2n) is 4.04. The van der Waals surface area contributed by atoms with E-state index in [1.165, 1.54) is 0 Å². The summed E-state index contributed by atoms with van der Waals surface area (Å²) in [6, 6.07) is 8.23. The van der Waals surface area contributed by atoms with Crippen LogP contribution in [0, 0.1) is 11.6 Å². The molecule has 0 unspecified atom stereocenters. The van der Waals surface area contributed by atoms with Crippen LogP contribution in [0.1, 0.15) is 0 Å². The van der Waals surface area contributed by atoms with E-state index in [0.717, 1.165) is 12.1 Å². The van der Waals surface area contributed by atoms with Gasteiger partial charge < -0.3 is 10.1 Å². The normalized spacial score (nSPS) is 10.3. The standard InChI is InChI=1S/C14H9BrClF2NO2/c15-10-5-12(18)13(6-11(10)17)19-14(20)7-21-9-3-1-8(16)2-4-9/h1-6H,7H2,(H,19,20). The van der Waals surface area contributed by atoms with Crippen molar-refractivity contribution in [2.24, 2.45) is 0 Å². The summed E-state index contributed by atoms with van der Waals surface area (Å²) in [6.45, 7) is -0.335. The smallest absolute Gasteiger partial charge is 0.262 e. The maximum absolute atomic E-state index is 13.5. The van der Waals surface area contributed by atoms with Gasteiger partial charge in [0, 0.05) is 11.1 Å².